The molecule has 0 bridgehead atoms. The van der Waals surface area contributed by atoms with Crippen molar-refractivity contribution in [3.05, 3.63) is 11.6 Å². The van der Waals surface area contributed by atoms with Gasteiger partial charge in [-0.1, -0.05) is 24.6 Å². The molecule has 5 rings (SSSR count). The third-order valence-corrected chi connectivity index (χ3v) is 11.9. The van der Waals surface area contributed by atoms with Crippen molar-refractivity contribution < 1.29 is 29.1 Å². The molecule has 1 aliphatic heterocycles. The van der Waals surface area contributed by atoms with Crippen LogP contribution in [-0.4, -0.2) is 53.3 Å². The van der Waals surface area contributed by atoms with E-state index >= 15 is 0 Å². The molecule has 0 radical (unpaired) electrons. The van der Waals surface area contributed by atoms with Gasteiger partial charge in [-0.05, 0) is 126 Å². The number of carbonyl (C=O) groups is 3. The number of ether oxygens (including phenoxy) is 1. The molecule has 0 unspecified atom stereocenters. The summed E-state index contributed by atoms with van der Waals surface area (Å²) in [5.41, 5.74) is 2.35. The zero-order valence-electron chi connectivity index (χ0n) is 25.7. The number of amides is 1. The fourth-order valence-corrected chi connectivity index (χ4v) is 9.88. The Balaban J connectivity index is 1.19. The summed E-state index contributed by atoms with van der Waals surface area (Å²) >= 11 is 0. The van der Waals surface area contributed by atoms with E-state index in [4.69, 9.17) is 9.57 Å². The van der Waals surface area contributed by atoms with Crippen LogP contribution in [0.5, 0.6) is 0 Å². The summed E-state index contributed by atoms with van der Waals surface area (Å²) in [5.74, 6) is 1.39. The molecular weight excluding hydrogens is 520 g/mol. The molecule has 41 heavy (non-hydrogen) atoms. The summed E-state index contributed by atoms with van der Waals surface area (Å²) < 4.78 is 5.78. The van der Waals surface area contributed by atoms with Crippen LogP contribution >= 0.6 is 0 Å². The van der Waals surface area contributed by atoms with E-state index in [0.29, 0.717) is 36.6 Å². The first-order valence-corrected chi connectivity index (χ1v) is 15.9. The standard InChI is InChI=1S/C33H50N2O6/c1-20(36)25-8-9-26-24-7-6-22-16-23(10-13-32(22,4)27(24)11-14-33(25,26)5)35-41-19-29(37)34-28(17-30(38)39)21-12-15-40-31(2,3)18-21/h16,21,24-28H,6-15,17-19H2,1-5H3,(H,34,37)(H,38,39)/b35-23-/t21-,24-,25+,26-,27-,28+,32-,33+/m0/s1. The zero-order valence-corrected chi connectivity index (χ0v) is 25.7. The Hall–Kier alpha value is -2.22. The van der Waals surface area contributed by atoms with Crippen molar-refractivity contribution in [3.8, 4) is 0 Å². The Kier molecular flexibility index (Phi) is 8.45. The maximum absolute atomic E-state index is 12.7. The molecule has 1 saturated heterocycles. The molecule has 0 spiro atoms. The predicted molar refractivity (Wildman–Crippen MR) is 156 cm³/mol. The second-order valence-corrected chi connectivity index (χ2v) is 14.8. The van der Waals surface area contributed by atoms with Crippen molar-refractivity contribution in [2.45, 2.75) is 117 Å². The van der Waals surface area contributed by atoms with Crippen LogP contribution in [0.1, 0.15) is 105 Å². The minimum atomic E-state index is -0.929. The van der Waals surface area contributed by atoms with E-state index in [1.54, 1.807) is 6.92 Å². The van der Waals surface area contributed by atoms with Crippen LogP contribution < -0.4 is 5.32 Å². The highest BCUT2D eigenvalue weighted by Gasteiger charge is 2.59. The average Bonchev–Trinajstić information content (AvgIpc) is 3.25. The normalized spacial score (nSPS) is 39.5. The van der Waals surface area contributed by atoms with Crippen molar-refractivity contribution in [2.24, 2.45) is 45.6 Å². The van der Waals surface area contributed by atoms with Gasteiger partial charge in [-0.15, -0.1) is 0 Å². The van der Waals surface area contributed by atoms with Gasteiger partial charge < -0.3 is 20.0 Å². The molecule has 0 aromatic carbocycles. The molecule has 8 heteroatoms. The van der Waals surface area contributed by atoms with Crippen LogP contribution in [0.15, 0.2) is 16.8 Å². The van der Waals surface area contributed by atoms with Gasteiger partial charge in [0.05, 0.1) is 17.7 Å². The molecule has 4 fully saturated rings. The van der Waals surface area contributed by atoms with Crippen molar-refractivity contribution in [1.82, 2.24) is 5.32 Å². The lowest BCUT2D eigenvalue weighted by atomic mass is 9.46. The summed E-state index contributed by atoms with van der Waals surface area (Å²) in [7, 11) is 0. The molecule has 1 heterocycles. The number of hydrogen-bond acceptors (Lipinski definition) is 6. The van der Waals surface area contributed by atoms with E-state index < -0.39 is 12.0 Å². The highest BCUT2D eigenvalue weighted by molar-refractivity contribution is 5.96. The van der Waals surface area contributed by atoms with Gasteiger partial charge in [0.2, 0.25) is 0 Å². The van der Waals surface area contributed by atoms with Gasteiger partial charge in [-0.2, -0.15) is 0 Å². The first-order valence-electron chi connectivity index (χ1n) is 15.9. The third-order valence-electron chi connectivity index (χ3n) is 11.9. The summed E-state index contributed by atoms with van der Waals surface area (Å²) in [5, 5.41) is 16.7. The van der Waals surface area contributed by atoms with Gasteiger partial charge in [0, 0.05) is 18.6 Å². The summed E-state index contributed by atoms with van der Waals surface area (Å²) in [6, 6.07) is -0.463. The number of carbonyl (C=O) groups excluding carboxylic acids is 2. The van der Waals surface area contributed by atoms with E-state index in [0.717, 1.165) is 44.2 Å². The lowest BCUT2D eigenvalue weighted by Gasteiger charge is -2.58. The summed E-state index contributed by atoms with van der Waals surface area (Å²) in [4.78, 5) is 42.2. The first-order chi connectivity index (χ1) is 19.3. The molecule has 0 aromatic heterocycles. The lowest BCUT2D eigenvalue weighted by Crippen LogP contribution is -2.51. The lowest BCUT2D eigenvalue weighted by molar-refractivity contribution is -0.140. The molecule has 3 saturated carbocycles. The second kappa shape index (κ2) is 11.5. The summed E-state index contributed by atoms with van der Waals surface area (Å²) in [6.07, 6.45) is 12.2. The zero-order chi connectivity index (χ0) is 29.6. The molecule has 4 aliphatic carbocycles. The van der Waals surface area contributed by atoms with Gasteiger partial charge >= 0.3 is 5.97 Å². The number of nitrogens with one attached hydrogen (secondary N) is 1. The number of ketones is 1. The van der Waals surface area contributed by atoms with E-state index in [2.05, 4.69) is 30.4 Å². The monoisotopic (exact) mass is 570 g/mol. The van der Waals surface area contributed by atoms with Crippen LogP contribution in [0.25, 0.3) is 0 Å². The molecule has 1 amide bonds. The van der Waals surface area contributed by atoms with Crippen LogP contribution in [0.3, 0.4) is 0 Å². The number of fused-ring (bicyclic) bond motifs is 5. The second-order valence-electron chi connectivity index (χ2n) is 14.8. The maximum Gasteiger partial charge on any atom is 0.305 e. The number of nitrogens with zero attached hydrogens (tertiary/aromatic N) is 1. The highest BCUT2D eigenvalue weighted by atomic mass is 16.6. The van der Waals surface area contributed by atoms with Gasteiger partial charge in [0.15, 0.2) is 6.61 Å². The van der Waals surface area contributed by atoms with Gasteiger partial charge in [-0.3, -0.25) is 14.4 Å². The van der Waals surface area contributed by atoms with Gasteiger partial charge in [0.25, 0.3) is 5.91 Å². The first kappa shape index (κ1) is 30.2. The number of carboxylic acid groups (broad SMARTS) is 1. The largest absolute Gasteiger partial charge is 0.481 e. The maximum atomic E-state index is 12.7. The number of oxime groups is 1. The van der Waals surface area contributed by atoms with Crippen molar-refractivity contribution in [2.75, 3.05) is 13.2 Å². The van der Waals surface area contributed by atoms with E-state index in [1.807, 2.05) is 13.8 Å². The van der Waals surface area contributed by atoms with Crippen LogP contribution in [0, 0.1) is 40.4 Å². The minimum Gasteiger partial charge on any atom is -0.481 e. The predicted octanol–water partition coefficient (Wildman–Crippen LogP) is 5.69. The quantitative estimate of drug-likeness (QED) is 0.362. The van der Waals surface area contributed by atoms with Crippen molar-refractivity contribution >= 4 is 23.4 Å². The number of aliphatic carboxylic acids is 1. The Bertz CT molecular complexity index is 1110. The van der Waals surface area contributed by atoms with Gasteiger partial charge in [0.1, 0.15) is 5.78 Å². The number of rotatable bonds is 8. The highest BCUT2D eigenvalue weighted by Crippen LogP contribution is 2.66. The Morgan fingerprint density at radius 1 is 1.07 bits per heavy atom. The van der Waals surface area contributed by atoms with Crippen LogP contribution in [0.2, 0.25) is 0 Å². The molecule has 8 atom stereocenters. The number of hydrogen-bond donors (Lipinski definition) is 2. The Morgan fingerprint density at radius 3 is 2.56 bits per heavy atom. The topological polar surface area (TPSA) is 114 Å². The Labute approximate surface area is 245 Å². The molecule has 8 nitrogen and oxygen atoms in total. The number of allylic oxidation sites excluding steroid dienone is 2. The van der Waals surface area contributed by atoms with Crippen LogP contribution in [0.4, 0.5) is 0 Å². The fraction of sp³-hybridized carbons (Fsp3) is 0.818. The number of carboxylic acids is 1. The fourth-order valence-electron chi connectivity index (χ4n) is 9.88. The van der Waals surface area contributed by atoms with Crippen LogP contribution in [-0.2, 0) is 24.0 Å². The van der Waals surface area contributed by atoms with Crippen molar-refractivity contribution in [1.29, 1.82) is 0 Å². The van der Waals surface area contributed by atoms with Gasteiger partial charge in [-0.25, -0.2) is 0 Å². The minimum absolute atomic E-state index is 0.0382. The third kappa shape index (κ3) is 6.00. The number of Topliss-reactive ketones (excluding diaryl/α,β-unsaturated/α-hetero) is 1. The molecule has 228 valence electrons. The van der Waals surface area contributed by atoms with Crippen molar-refractivity contribution in [3.63, 3.8) is 0 Å². The molecular formula is C33H50N2O6. The van der Waals surface area contributed by atoms with E-state index in [1.165, 1.54) is 24.8 Å². The average molecular weight is 571 g/mol. The smallest absolute Gasteiger partial charge is 0.305 e. The molecule has 5 aliphatic rings. The molecule has 2 N–H and O–H groups in total. The van der Waals surface area contributed by atoms with E-state index in [-0.39, 0.29) is 47.2 Å². The Morgan fingerprint density at radius 2 is 1.85 bits per heavy atom. The molecule has 0 aromatic rings. The SMILES string of the molecule is CC(=O)[C@H]1CC[C@H]2[C@@H]3CCC4=C/C(=N\OCC(=O)N[C@H](CC(=O)O)[C@H]5CCOC(C)(C)C5)CC[C@]4(C)[C@H]3CC[C@]12C. The summed E-state index contributed by atoms with van der Waals surface area (Å²) in [6.45, 7) is 11.0. The van der Waals surface area contributed by atoms with E-state index in [9.17, 15) is 19.5 Å².